The van der Waals surface area contributed by atoms with Crippen LogP contribution in [0.5, 0.6) is 5.75 Å². The van der Waals surface area contributed by atoms with E-state index in [9.17, 15) is 14.4 Å². The van der Waals surface area contributed by atoms with Gasteiger partial charge in [-0.3, -0.25) is 14.5 Å². The van der Waals surface area contributed by atoms with Gasteiger partial charge in [0.05, 0.1) is 19.7 Å². The first-order valence-corrected chi connectivity index (χ1v) is 12.4. The molecule has 36 heavy (non-hydrogen) atoms. The molecule has 0 radical (unpaired) electrons. The molecule has 0 unspecified atom stereocenters. The van der Waals surface area contributed by atoms with E-state index >= 15 is 0 Å². The Balaban J connectivity index is 1.83. The molecule has 0 aliphatic carbocycles. The van der Waals surface area contributed by atoms with Crippen molar-refractivity contribution in [1.82, 2.24) is 4.90 Å². The zero-order chi connectivity index (χ0) is 26.5. The second-order valence-electron chi connectivity index (χ2n) is 10.3. The van der Waals surface area contributed by atoms with E-state index in [0.717, 1.165) is 28.0 Å². The lowest BCUT2D eigenvalue weighted by Crippen LogP contribution is -2.40. The molecule has 2 aromatic carbocycles. The van der Waals surface area contributed by atoms with Gasteiger partial charge >= 0.3 is 12.1 Å². The van der Waals surface area contributed by atoms with E-state index in [1.54, 1.807) is 7.11 Å². The molecule has 0 N–H and O–H groups in total. The minimum Gasteiger partial charge on any atom is -0.496 e. The smallest absolute Gasteiger partial charge is 0.410 e. The number of hydrogen-bond donors (Lipinski definition) is 0. The molecule has 194 valence electrons. The van der Waals surface area contributed by atoms with E-state index in [1.165, 1.54) is 4.90 Å². The number of esters is 1. The maximum absolute atomic E-state index is 13.7. The van der Waals surface area contributed by atoms with Crippen LogP contribution in [-0.4, -0.2) is 54.7 Å². The van der Waals surface area contributed by atoms with Gasteiger partial charge in [0.15, 0.2) is 5.78 Å². The van der Waals surface area contributed by atoms with Crippen LogP contribution in [0, 0.1) is 13.8 Å². The van der Waals surface area contributed by atoms with Gasteiger partial charge in [0, 0.05) is 12.3 Å². The van der Waals surface area contributed by atoms with Crippen molar-refractivity contribution in [2.75, 3.05) is 20.3 Å². The molecule has 0 spiro atoms. The van der Waals surface area contributed by atoms with E-state index in [-0.39, 0.29) is 43.8 Å². The van der Waals surface area contributed by atoms with Crippen molar-refractivity contribution in [3.63, 3.8) is 0 Å². The molecule has 0 aromatic heterocycles. The summed E-state index contributed by atoms with van der Waals surface area (Å²) in [6.45, 7) is 9.50. The van der Waals surface area contributed by atoms with Crippen LogP contribution in [0.3, 0.4) is 0 Å². The molecular weight excluding hydrogens is 458 g/mol. The van der Waals surface area contributed by atoms with Gasteiger partial charge in [0.1, 0.15) is 18.0 Å². The lowest BCUT2D eigenvalue weighted by atomic mass is 9.85. The van der Waals surface area contributed by atoms with Crippen molar-refractivity contribution in [2.45, 2.75) is 71.4 Å². The van der Waals surface area contributed by atoms with Crippen molar-refractivity contribution in [3.8, 4) is 5.75 Å². The fraction of sp³-hybridized carbons (Fsp3) is 0.483. The number of Topliss-reactive ketones (excluding diaryl/α,β-unsaturated/α-hetero) is 1. The average Bonchev–Trinajstić information content (AvgIpc) is 3.15. The van der Waals surface area contributed by atoms with Crippen LogP contribution in [-0.2, 0) is 25.5 Å². The standard InChI is InChI=1S/C29H37NO6/c1-19-20(2)26(34-6)14-12-23(19)24(13-15-27(32)36-29(3,4)5)25(31)17-30-22(18-35-28(30)33)16-21-10-8-7-9-11-21/h7-12,14,22,24H,13,15-18H2,1-6H3/t22-,24-/m0/s1. The summed E-state index contributed by atoms with van der Waals surface area (Å²) in [5.74, 6) is -0.331. The second kappa shape index (κ2) is 11.6. The number of ether oxygens (including phenoxy) is 3. The third kappa shape index (κ3) is 6.86. The van der Waals surface area contributed by atoms with E-state index < -0.39 is 17.6 Å². The number of rotatable bonds is 10. The van der Waals surface area contributed by atoms with Crippen LogP contribution in [0.2, 0.25) is 0 Å². The molecular formula is C29H37NO6. The predicted octanol–water partition coefficient (Wildman–Crippen LogP) is 5.15. The number of hydrogen-bond acceptors (Lipinski definition) is 6. The van der Waals surface area contributed by atoms with Gasteiger partial charge in [-0.1, -0.05) is 36.4 Å². The van der Waals surface area contributed by atoms with Crippen molar-refractivity contribution in [2.24, 2.45) is 0 Å². The minimum absolute atomic E-state index is 0.0835. The van der Waals surface area contributed by atoms with E-state index in [4.69, 9.17) is 14.2 Å². The van der Waals surface area contributed by atoms with Crippen LogP contribution in [0.1, 0.15) is 61.8 Å². The van der Waals surface area contributed by atoms with Crippen LogP contribution >= 0.6 is 0 Å². The molecule has 0 bridgehead atoms. The monoisotopic (exact) mass is 495 g/mol. The van der Waals surface area contributed by atoms with Crippen LogP contribution in [0.4, 0.5) is 4.79 Å². The Bertz CT molecular complexity index is 1090. The Labute approximate surface area is 213 Å². The van der Waals surface area contributed by atoms with Crippen LogP contribution in [0.25, 0.3) is 0 Å². The number of benzene rings is 2. The third-order valence-electron chi connectivity index (χ3n) is 6.54. The quantitative estimate of drug-likeness (QED) is 0.424. The Hall–Kier alpha value is -3.35. The fourth-order valence-corrected chi connectivity index (χ4v) is 4.58. The molecule has 1 heterocycles. The lowest BCUT2D eigenvalue weighted by Gasteiger charge is -2.26. The number of cyclic esters (lactones) is 1. The molecule has 1 saturated heterocycles. The lowest BCUT2D eigenvalue weighted by molar-refractivity contribution is -0.155. The second-order valence-corrected chi connectivity index (χ2v) is 10.3. The molecule has 0 saturated carbocycles. The fourth-order valence-electron chi connectivity index (χ4n) is 4.58. The highest BCUT2D eigenvalue weighted by atomic mass is 16.6. The minimum atomic E-state index is -0.604. The highest BCUT2D eigenvalue weighted by Gasteiger charge is 2.36. The molecule has 1 fully saturated rings. The van der Waals surface area contributed by atoms with Gasteiger partial charge in [-0.25, -0.2) is 4.79 Å². The van der Waals surface area contributed by atoms with Gasteiger partial charge in [-0.15, -0.1) is 0 Å². The van der Waals surface area contributed by atoms with E-state index in [0.29, 0.717) is 6.42 Å². The Kier molecular flexibility index (Phi) is 8.77. The largest absolute Gasteiger partial charge is 0.496 e. The Morgan fingerprint density at radius 1 is 1.08 bits per heavy atom. The zero-order valence-electron chi connectivity index (χ0n) is 22.1. The summed E-state index contributed by atoms with van der Waals surface area (Å²) in [6, 6.07) is 13.3. The molecule has 2 aromatic rings. The molecule has 7 heteroatoms. The van der Waals surface area contributed by atoms with Crippen LogP contribution in [0.15, 0.2) is 42.5 Å². The van der Waals surface area contributed by atoms with E-state index in [1.807, 2.05) is 77.1 Å². The summed E-state index contributed by atoms with van der Waals surface area (Å²) in [4.78, 5) is 40.3. The summed E-state index contributed by atoms with van der Waals surface area (Å²) in [7, 11) is 1.61. The molecule has 3 rings (SSSR count). The summed E-state index contributed by atoms with van der Waals surface area (Å²) >= 11 is 0. The highest BCUT2D eigenvalue weighted by molar-refractivity contribution is 5.91. The predicted molar refractivity (Wildman–Crippen MR) is 137 cm³/mol. The SMILES string of the molecule is COc1ccc([C@H](CCC(=O)OC(C)(C)C)C(=O)CN2C(=O)OC[C@@H]2Cc2ccccc2)c(C)c1C. The Morgan fingerprint density at radius 2 is 1.78 bits per heavy atom. The molecule has 2 atom stereocenters. The maximum Gasteiger partial charge on any atom is 0.410 e. The van der Waals surface area contributed by atoms with Crippen molar-refractivity contribution in [3.05, 3.63) is 64.7 Å². The first-order valence-electron chi connectivity index (χ1n) is 12.4. The first kappa shape index (κ1) is 27.2. The van der Waals surface area contributed by atoms with Crippen LogP contribution < -0.4 is 4.74 Å². The van der Waals surface area contributed by atoms with Gasteiger partial charge in [-0.05, 0) is 75.8 Å². The summed E-state index contributed by atoms with van der Waals surface area (Å²) in [5.41, 5.74) is 3.16. The molecule has 1 aliphatic heterocycles. The number of ketones is 1. The topological polar surface area (TPSA) is 82.1 Å². The number of carbonyl (C=O) groups excluding carboxylic acids is 3. The number of methoxy groups -OCH3 is 1. The van der Waals surface area contributed by atoms with E-state index in [2.05, 4.69) is 0 Å². The first-order chi connectivity index (χ1) is 17.0. The normalized spacial score (nSPS) is 16.4. The van der Waals surface area contributed by atoms with Crippen molar-refractivity contribution in [1.29, 1.82) is 0 Å². The summed E-state index contributed by atoms with van der Waals surface area (Å²) < 4.78 is 16.2. The summed E-state index contributed by atoms with van der Waals surface area (Å²) in [5, 5.41) is 0. The van der Waals surface area contributed by atoms with Crippen molar-refractivity contribution >= 4 is 17.8 Å². The molecule has 1 aliphatic rings. The van der Waals surface area contributed by atoms with Gasteiger partial charge in [-0.2, -0.15) is 0 Å². The number of amides is 1. The van der Waals surface area contributed by atoms with Crippen molar-refractivity contribution < 1.29 is 28.6 Å². The number of nitrogens with zero attached hydrogens (tertiary/aromatic N) is 1. The van der Waals surface area contributed by atoms with Gasteiger partial charge in [0.25, 0.3) is 0 Å². The molecule has 7 nitrogen and oxygen atoms in total. The maximum atomic E-state index is 13.7. The highest BCUT2D eigenvalue weighted by Crippen LogP contribution is 2.33. The molecule has 1 amide bonds. The average molecular weight is 496 g/mol. The van der Waals surface area contributed by atoms with Gasteiger partial charge in [0.2, 0.25) is 0 Å². The Morgan fingerprint density at radius 3 is 2.42 bits per heavy atom. The van der Waals surface area contributed by atoms with Gasteiger partial charge < -0.3 is 14.2 Å². The zero-order valence-corrected chi connectivity index (χ0v) is 22.1. The number of carbonyl (C=O) groups is 3. The third-order valence-corrected chi connectivity index (χ3v) is 6.54. The summed E-state index contributed by atoms with van der Waals surface area (Å²) in [6.07, 6.45) is 0.490.